The van der Waals surface area contributed by atoms with Crippen LogP contribution in [0, 0.1) is 0 Å². The van der Waals surface area contributed by atoms with E-state index in [1.807, 2.05) is 48.5 Å². The molecule has 2 amide bonds. The maximum Gasteiger partial charge on any atom is 0.315 e. The molecule has 0 radical (unpaired) electrons. The van der Waals surface area contributed by atoms with E-state index in [-0.39, 0.29) is 6.03 Å². The number of benzene rings is 2. The number of nitrogens with one attached hydrogen (secondary N) is 2. The number of methoxy groups -OCH3 is 1. The number of carbonyl (C=O) groups excluding carboxylic acids is 1. The van der Waals surface area contributed by atoms with Gasteiger partial charge in [-0.3, -0.25) is 0 Å². The van der Waals surface area contributed by atoms with Crippen molar-refractivity contribution in [1.82, 2.24) is 10.6 Å². The van der Waals surface area contributed by atoms with Crippen LogP contribution in [0.2, 0.25) is 5.02 Å². The molecule has 0 aliphatic rings. The Morgan fingerprint density at radius 2 is 1.73 bits per heavy atom. The van der Waals surface area contributed by atoms with Crippen molar-refractivity contribution in [3.8, 4) is 5.75 Å². The Morgan fingerprint density at radius 1 is 1.05 bits per heavy atom. The molecule has 0 saturated carbocycles. The molecule has 0 heterocycles. The van der Waals surface area contributed by atoms with Gasteiger partial charge in [-0.25, -0.2) is 4.79 Å². The first-order valence-electron chi connectivity index (χ1n) is 7.07. The SMILES string of the molecule is COc1ccccc1CNC(=O)NCCc1ccccc1Cl. The van der Waals surface area contributed by atoms with Crippen molar-refractivity contribution in [2.75, 3.05) is 13.7 Å². The van der Waals surface area contributed by atoms with E-state index < -0.39 is 0 Å². The van der Waals surface area contributed by atoms with Crippen LogP contribution in [-0.4, -0.2) is 19.7 Å². The van der Waals surface area contributed by atoms with E-state index in [1.165, 1.54) is 0 Å². The highest BCUT2D eigenvalue weighted by Gasteiger charge is 2.05. The predicted octanol–water partition coefficient (Wildman–Crippen LogP) is 3.39. The summed E-state index contributed by atoms with van der Waals surface area (Å²) in [6.45, 7) is 0.948. The minimum atomic E-state index is -0.210. The fourth-order valence-corrected chi connectivity index (χ4v) is 2.33. The van der Waals surface area contributed by atoms with Gasteiger partial charge in [0.05, 0.1) is 7.11 Å². The van der Waals surface area contributed by atoms with Crippen LogP contribution in [0.4, 0.5) is 4.79 Å². The minimum Gasteiger partial charge on any atom is -0.496 e. The first-order chi connectivity index (χ1) is 10.7. The van der Waals surface area contributed by atoms with E-state index >= 15 is 0 Å². The smallest absolute Gasteiger partial charge is 0.315 e. The van der Waals surface area contributed by atoms with Crippen LogP contribution in [0.25, 0.3) is 0 Å². The highest BCUT2D eigenvalue weighted by Crippen LogP contribution is 2.16. The Hall–Kier alpha value is -2.20. The molecule has 2 aromatic rings. The number of rotatable bonds is 6. The summed E-state index contributed by atoms with van der Waals surface area (Å²) in [4.78, 5) is 11.8. The molecule has 0 atom stereocenters. The van der Waals surface area contributed by atoms with E-state index in [0.717, 1.165) is 21.9 Å². The molecule has 5 heteroatoms. The molecule has 2 rings (SSSR count). The lowest BCUT2D eigenvalue weighted by molar-refractivity contribution is 0.240. The lowest BCUT2D eigenvalue weighted by Crippen LogP contribution is -2.36. The van der Waals surface area contributed by atoms with Crippen molar-refractivity contribution < 1.29 is 9.53 Å². The number of ether oxygens (including phenoxy) is 1. The monoisotopic (exact) mass is 318 g/mol. The summed E-state index contributed by atoms with van der Waals surface area (Å²) in [5.41, 5.74) is 1.96. The van der Waals surface area contributed by atoms with Crippen LogP contribution < -0.4 is 15.4 Å². The molecule has 0 fully saturated rings. The van der Waals surface area contributed by atoms with Crippen LogP contribution in [0.15, 0.2) is 48.5 Å². The van der Waals surface area contributed by atoms with E-state index in [1.54, 1.807) is 7.11 Å². The number of urea groups is 1. The summed E-state index contributed by atoms with van der Waals surface area (Å²) in [7, 11) is 1.61. The maximum atomic E-state index is 11.8. The Bertz CT molecular complexity index is 632. The van der Waals surface area contributed by atoms with E-state index in [9.17, 15) is 4.79 Å². The topological polar surface area (TPSA) is 50.4 Å². The highest BCUT2D eigenvalue weighted by atomic mass is 35.5. The molecule has 0 aliphatic carbocycles. The van der Waals surface area contributed by atoms with E-state index in [4.69, 9.17) is 16.3 Å². The zero-order valence-electron chi connectivity index (χ0n) is 12.4. The third-order valence-corrected chi connectivity index (χ3v) is 3.64. The van der Waals surface area contributed by atoms with Gasteiger partial charge in [-0.15, -0.1) is 0 Å². The van der Waals surface area contributed by atoms with Gasteiger partial charge in [-0.2, -0.15) is 0 Å². The normalized spacial score (nSPS) is 10.1. The average Bonchev–Trinajstić information content (AvgIpc) is 2.55. The first kappa shape index (κ1) is 16.2. The molecular weight excluding hydrogens is 300 g/mol. The zero-order valence-corrected chi connectivity index (χ0v) is 13.2. The molecule has 0 spiro atoms. The molecule has 0 saturated heterocycles. The van der Waals surface area contributed by atoms with Gasteiger partial charge < -0.3 is 15.4 Å². The van der Waals surface area contributed by atoms with Gasteiger partial charge in [0.2, 0.25) is 0 Å². The molecule has 0 aromatic heterocycles. The first-order valence-corrected chi connectivity index (χ1v) is 7.45. The summed E-state index contributed by atoms with van der Waals surface area (Å²) in [6, 6.07) is 15.0. The predicted molar refractivity (Wildman–Crippen MR) is 88.4 cm³/mol. The summed E-state index contributed by atoms with van der Waals surface area (Å²) >= 11 is 6.07. The second-order valence-corrected chi connectivity index (χ2v) is 5.17. The Morgan fingerprint density at radius 3 is 2.45 bits per heavy atom. The van der Waals surface area contributed by atoms with Crippen molar-refractivity contribution in [2.45, 2.75) is 13.0 Å². The van der Waals surface area contributed by atoms with Crippen molar-refractivity contribution in [3.63, 3.8) is 0 Å². The third-order valence-electron chi connectivity index (χ3n) is 3.27. The van der Waals surface area contributed by atoms with Gasteiger partial charge in [0.15, 0.2) is 0 Å². The zero-order chi connectivity index (χ0) is 15.8. The lowest BCUT2D eigenvalue weighted by atomic mass is 10.1. The Kier molecular flexibility index (Phi) is 6.10. The second-order valence-electron chi connectivity index (χ2n) is 4.76. The standard InChI is InChI=1S/C17H19ClN2O2/c1-22-16-9-5-3-7-14(16)12-20-17(21)19-11-10-13-6-2-4-8-15(13)18/h2-9H,10-12H2,1H3,(H2,19,20,21). The quantitative estimate of drug-likeness (QED) is 0.857. The molecular formula is C17H19ClN2O2. The van der Waals surface area contributed by atoms with Crippen LogP contribution >= 0.6 is 11.6 Å². The molecule has 116 valence electrons. The number of carbonyl (C=O) groups is 1. The molecule has 4 nitrogen and oxygen atoms in total. The third kappa shape index (κ3) is 4.67. The maximum absolute atomic E-state index is 11.8. The van der Waals surface area contributed by atoms with Crippen LogP contribution in [0.5, 0.6) is 5.75 Å². The molecule has 2 N–H and O–H groups in total. The second kappa shape index (κ2) is 8.29. The van der Waals surface area contributed by atoms with E-state index in [2.05, 4.69) is 10.6 Å². The van der Waals surface area contributed by atoms with Gasteiger partial charge in [0.1, 0.15) is 5.75 Å². The molecule has 0 bridgehead atoms. The summed E-state index contributed by atoms with van der Waals surface area (Å²) in [6.07, 6.45) is 0.696. The molecule has 0 unspecified atom stereocenters. The van der Waals surface area contributed by atoms with Crippen molar-refractivity contribution >= 4 is 17.6 Å². The van der Waals surface area contributed by atoms with Gasteiger partial charge in [0, 0.05) is 23.7 Å². The van der Waals surface area contributed by atoms with Gasteiger partial charge in [-0.05, 0) is 24.1 Å². The van der Waals surface area contributed by atoms with Crippen molar-refractivity contribution in [1.29, 1.82) is 0 Å². The van der Waals surface area contributed by atoms with Crippen LogP contribution in [0.1, 0.15) is 11.1 Å². The summed E-state index contributed by atoms with van der Waals surface area (Å²) < 4.78 is 5.24. The molecule has 0 aliphatic heterocycles. The molecule has 22 heavy (non-hydrogen) atoms. The fourth-order valence-electron chi connectivity index (χ4n) is 2.10. The number of halogens is 1. The van der Waals surface area contributed by atoms with Crippen molar-refractivity contribution in [3.05, 3.63) is 64.7 Å². The van der Waals surface area contributed by atoms with Crippen LogP contribution in [-0.2, 0) is 13.0 Å². The van der Waals surface area contributed by atoms with Gasteiger partial charge in [-0.1, -0.05) is 48.0 Å². The molecule has 2 aromatic carbocycles. The van der Waals surface area contributed by atoms with Crippen molar-refractivity contribution in [2.24, 2.45) is 0 Å². The lowest BCUT2D eigenvalue weighted by Gasteiger charge is -2.11. The Balaban J connectivity index is 1.75. The van der Waals surface area contributed by atoms with Gasteiger partial charge in [0.25, 0.3) is 0 Å². The van der Waals surface area contributed by atoms with E-state index in [0.29, 0.717) is 19.5 Å². The summed E-state index contributed by atoms with van der Waals surface area (Å²) in [5.74, 6) is 0.763. The summed E-state index contributed by atoms with van der Waals surface area (Å²) in [5, 5.41) is 6.35. The number of hydrogen-bond acceptors (Lipinski definition) is 2. The Labute approximate surface area is 135 Å². The number of hydrogen-bond donors (Lipinski definition) is 2. The minimum absolute atomic E-state index is 0.210. The number of amides is 2. The fraction of sp³-hybridized carbons (Fsp3) is 0.235. The van der Waals surface area contributed by atoms with Crippen LogP contribution in [0.3, 0.4) is 0 Å². The highest BCUT2D eigenvalue weighted by molar-refractivity contribution is 6.31. The largest absolute Gasteiger partial charge is 0.496 e. The average molecular weight is 319 g/mol. The number of para-hydroxylation sites is 1. The van der Waals surface area contributed by atoms with Gasteiger partial charge >= 0.3 is 6.03 Å².